The summed E-state index contributed by atoms with van der Waals surface area (Å²) in [5, 5.41) is 1.04. The summed E-state index contributed by atoms with van der Waals surface area (Å²) in [6.45, 7) is 3.85. The molecule has 130 valence electrons. The van der Waals surface area contributed by atoms with Gasteiger partial charge in [0.1, 0.15) is 11.3 Å². The van der Waals surface area contributed by atoms with Crippen molar-refractivity contribution in [1.29, 1.82) is 0 Å². The van der Waals surface area contributed by atoms with Crippen LogP contribution in [0.1, 0.15) is 37.3 Å². The van der Waals surface area contributed by atoms with Gasteiger partial charge in [-0.1, -0.05) is 55.5 Å². The zero-order chi connectivity index (χ0) is 18.0. The van der Waals surface area contributed by atoms with E-state index in [9.17, 15) is 4.79 Å². The Morgan fingerprint density at radius 2 is 1.68 bits per heavy atom. The summed E-state index contributed by atoms with van der Waals surface area (Å²) in [5.41, 5.74) is 8.10. The van der Waals surface area contributed by atoms with Crippen molar-refractivity contribution in [2.24, 2.45) is 11.7 Å². The molecule has 3 atom stereocenters. The smallest absolute Gasteiger partial charge is 0.227 e. The zero-order valence-electron chi connectivity index (χ0n) is 14.8. The molecule has 2 N–H and O–H groups in total. The predicted octanol–water partition coefficient (Wildman–Crippen LogP) is 4.29. The summed E-state index contributed by atoms with van der Waals surface area (Å²) < 4.78 is 5.90. The van der Waals surface area contributed by atoms with Gasteiger partial charge in [-0.2, -0.15) is 0 Å². The standard InChI is InChI=1S/C21H24N2O2/c1-14(20(22)16-9-5-4-6-10-16)21(24)23(3)15(2)19-13-17-11-7-8-12-18(17)25-19/h4-15,20H,22H2,1-3H3. The van der Waals surface area contributed by atoms with Crippen LogP contribution in [0, 0.1) is 5.92 Å². The Labute approximate surface area is 148 Å². The number of fused-ring (bicyclic) bond motifs is 1. The third-order valence-electron chi connectivity index (χ3n) is 4.90. The molecule has 0 bridgehead atoms. The van der Waals surface area contributed by atoms with E-state index >= 15 is 0 Å². The number of benzene rings is 2. The molecule has 1 aromatic heterocycles. The minimum absolute atomic E-state index is 0.00399. The van der Waals surface area contributed by atoms with E-state index in [1.165, 1.54) is 0 Å². The molecular weight excluding hydrogens is 312 g/mol. The Morgan fingerprint density at radius 1 is 1.04 bits per heavy atom. The molecule has 0 radical (unpaired) electrons. The fraction of sp³-hybridized carbons (Fsp3) is 0.286. The van der Waals surface area contributed by atoms with E-state index in [4.69, 9.17) is 10.2 Å². The lowest BCUT2D eigenvalue weighted by molar-refractivity contribution is -0.136. The van der Waals surface area contributed by atoms with Crippen molar-refractivity contribution in [2.75, 3.05) is 7.05 Å². The van der Waals surface area contributed by atoms with Crippen LogP contribution in [0.4, 0.5) is 0 Å². The molecule has 0 saturated carbocycles. The van der Waals surface area contributed by atoms with Crippen molar-refractivity contribution in [2.45, 2.75) is 25.9 Å². The molecule has 0 spiro atoms. The number of hydrogen-bond acceptors (Lipinski definition) is 3. The third-order valence-corrected chi connectivity index (χ3v) is 4.90. The highest BCUT2D eigenvalue weighted by Crippen LogP contribution is 2.29. The fourth-order valence-electron chi connectivity index (χ4n) is 3.03. The number of nitrogens with two attached hydrogens (primary N) is 1. The number of furan rings is 1. The van der Waals surface area contributed by atoms with E-state index in [2.05, 4.69) is 0 Å². The predicted molar refractivity (Wildman–Crippen MR) is 99.9 cm³/mol. The maximum absolute atomic E-state index is 12.9. The Bertz CT molecular complexity index is 823. The topological polar surface area (TPSA) is 59.5 Å². The fourth-order valence-corrected chi connectivity index (χ4v) is 3.03. The van der Waals surface area contributed by atoms with Gasteiger partial charge < -0.3 is 15.1 Å². The van der Waals surface area contributed by atoms with Crippen LogP contribution in [0.25, 0.3) is 11.0 Å². The van der Waals surface area contributed by atoms with Gasteiger partial charge >= 0.3 is 0 Å². The molecule has 25 heavy (non-hydrogen) atoms. The molecule has 3 aromatic rings. The van der Waals surface area contributed by atoms with Crippen LogP contribution in [-0.4, -0.2) is 17.9 Å². The highest BCUT2D eigenvalue weighted by atomic mass is 16.3. The lowest BCUT2D eigenvalue weighted by Crippen LogP contribution is -2.38. The van der Waals surface area contributed by atoms with Crippen LogP contribution < -0.4 is 5.73 Å². The summed E-state index contributed by atoms with van der Waals surface area (Å²) in [6, 6.07) is 19.1. The van der Waals surface area contributed by atoms with E-state index in [0.717, 1.165) is 22.3 Å². The van der Waals surface area contributed by atoms with E-state index < -0.39 is 0 Å². The van der Waals surface area contributed by atoms with Gasteiger partial charge in [-0.05, 0) is 24.6 Å². The number of hydrogen-bond donors (Lipinski definition) is 1. The minimum Gasteiger partial charge on any atom is -0.459 e. The second kappa shape index (κ2) is 7.11. The first-order valence-electron chi connectivity index (χ1n) is 8.54. The summed E-state index contributed by atoms with van der Waals surface area (Å²) >= 11 is 0. The number of nitrogens with zero attached hydrogens (tertiary/aromatic N) is 1. The molecule has 4 heteroatoms. The van der Waals surface area contributed by atoms with Crippen LogP contribution in [0.15, 0.2) is 65.1 Å². The molecule has 3 unspecified atom stereocenters. The van der Waals surface area contributed by atoms with Gasteiger partial charge in [-0.15, -0.1) is 0 Å². The van der Waals surface area contributed by atoms with Crippen molar-refractivity contribution >= 4 is 16.9 Å². The van der Waals surface area contributed by atoms with Crippen LogP contribution in [-0.2, 0) is 4.79 Å². The second-order valence-electron chi connectivity index (χ2n) is 6.54. The van der Waals surface area contributed by atoms with Gasteiger partial charge in [0.25, 0.3) is 0 Å². The van der Waals surface area contributed by atoms with Gasteiger partial charge in [-0.25, -0.2) is 0 Å². The summed E-state index contributed by atoms with van der Waals surface area (Å²) in [7, 11) is 1.80. The van der Waals surface area contributed by atoms with Gasteiger partial charge in [-0.3, -0.25) is 4.79 Å². The Hall–Kier alpha value is -2.59. The number of carbonyl (C=O) groups excluding carboxylic acids is 1. The lowest BCUT2D eigenvalue weighted by Gasteiger charge is -2.29. The highest BCUT2D eigenvalue weighted by molar-refractivity contribution is 5.80. The van der Waals surface area contributed by atoms with Crippen molar-refractivity contribution in [3.8, 4) is 0 Å². The van der Waals surface area contributed by atoms with Crippen molar-refractivity contribution in [3.05, 3.63) is 72.0 Å². The average Bonchev–Trinajstić information content (AvgIpc) is 3.10. The molecule has 4 nitrogen and oxygen atoms in total. The Kier molecular flexibility index (Phi) is 4.91. The van der Waals surface area contributed by atoms with Gasteiger partial charge in [0, 0.05) is 18.5 Å². The van der Waals surface area contributed by atoms with E-state index in [0.29, 0.717) is 0 Å². The maximum atomic E-state index is 12.9. The number of carbonyl (C=O) groups is 1. The monoisotopic (exact) mass is 336 g/mol. The quantitative estimate of drug-likeness (QED) is 0.756. The van der Waals surface area contributed by atoms with E-state index in [-0.39, 0.29) is 23.9 Å². The van der Waals surface area contributed by atoms with Gasteiger partial charge in [0.05, 0.1) is 12.0 Å². The minimum atomic E-state index is -0.334. The molecule has 1 heterocycles. The molecule has 1 amide bonds. The molecule has 0 aliphatic carbocycles. The van der Waals surface area contributed by atoms with Crippen molar-refractivity contribution in [3.63, 3.8) is 0 Å². The lowest BCUT2D eigenvalue weighted by atomic mass is 9.94. The molecule has 2 aromatic carbocycles. The summed E-state index contributed by atoms with van der Waals surface area (Å²) in [6.07, 6.45) is 0. The molecule has 0 aliphatic heterocycles. The van der Waals surface area contributed by atoms with Crippen molar-refractivity contribution in [1.82, 2.24) is 4.90 Å². The number of amides is 1. The second-order valence-corrected chi connectivity index (χ2v) is 6.54. The van der Waals surface area contributed by atoms with Crippen LogP contribution in [0.3, 0.4) is 0 Å². The Balaban J connectivity index is 1.76. The molecule has 3 rings (SSSR count). The van der Waals surface area contributed by atoms with Crippen LogP contribution >= 0.6 is 0 Å². The highest BCUT2D eigenvalue weighted by Gasteiger charge is 2.28. The average molecular weight is 336 g/mol. The largest absolute Gasteiger partial charge is 0.459 e. The zero-order valence-corrected chi connectivity index (χ0v) is 14.8. The first-order valence-corrected chi connectivity index (χ1v) is 8.54. The number of rotatable bonds is 5. The van der Waals surface area contributed by atoms with E-state index in [1.54, 1.807) is 11.9 Å². The first-order chi connectivity index (χ1) is 12.0. The van der Waals surface area contributed by atoms with E-state index in [1.807, 2.05) is 74.5 Å². The van der Waals surface area contributed by atoms with Crippen LogP contribution in [0.2, 0.25) is 0 Å². The number of para-hydroxylation sites is 1. The third kappa shape index (κ3) is 3.44. The first kappa shape index (κ1) is 17.2. The normalized spacial score (nSPS) is 14.9. The molecular formula is C21H24N2O2. The summed E-state index contributed by atoms with van der Waals surface area (Å²) in [5.74, 6) is 0.459. The van der Waals surface area contributed by atoms with Crippen LogP contribution in [0.5, 0.6) is 0 Å². The maximum Gasteiger partial charge on any atom is 0.227 e. The summed E-state index contributed by atoms with van der Waals surface area (Å²) in [4.78, 5) is 14.6. The van der Waals surface area contributed by atoms with Gasteiger partial charge in [0.2, 0.25) is 5.91 Å². The molecule has 0 saturated heterocycles. The molecule has 0 aliphatic rings. The Morgan fingerprint density at radius 3 is 2.36 bits per heavy atom. The SMILES string of the molecule is CC(C(=O)N(C)C(C)c1cc2ccccc2o1)C(N)c1ccccc1. The van der Waals surface area contributed by atoms with Gasteiger partial charge in [0.15, 0.2) is 0 Å². The van der Waals surface area contributed by atoms with Crippen molar-refractivity contribution < 1.29 is 9.21 Å². The molecule has 0 fully saturated rings.